The predicted octanol–water partition coefficient (Wildman–Crippen LogP) is -4.06. The molecule has 1 aromatic rings. The summed E-state index contributed by atoms with van der Waals surface area (Å²) in [5.74, 6) is 0. The molecule has 0 amide bonds. The molecule has 0 saturated heterocycles. The monoisotopic (exact) mass is 408 g/mol. The Hall–Kier alpha value is 0.501. The van der Waals surface area contributed by atoms with Gasteiger partial charge in [-0.05, 0) is 0 Å². The Labute approximate surface area is 166 Å². The van der Waals surface area contributed by atoms with Gasteiger partial charge < -0.3 is 37.2 Å². The third kappa shape index (κ3) is 5.85. The summed E-state index contributed by atoms with van der Waals surface area (Å²) >= 11 is 2.36. The van der Waals surface area contributed by atoms with Crippen LogP contribution in [-0.2, 0) is 26.9 Å². The maximum Gasteiger partial charge on any atom is -1.00 e. The van der Waals surface area contributed by atoms with Crippen LogP contribution in [0.25, 0.3) is 0 Å². The fourth-order valence-electron chi connectivity index (χ4n) is 2.61. The van der Waals surface area contributed by atoms with Crippen molar-refractivity contribution in [3.05, 3.63) is 58.3 Å². The van der Waals surface area contributed by atoms with Crippen molar-refractivity contribution in [1.29, 1.82) is 0 Å². The normalized spacial score (nSPS) is 19.7. The van der Waals surface area contributed by atoms with Crippen LogP contribution < -0.4 is 37.2 Å². The molecule has 1 aromatic carbocycles. The van der Waals surface area contributed by atoms with Gasteiger partial charge in [0.2, 0.25) is 0 Å². The number of benzene rings is 1. The number of halogens is 3. The third-order valence-corrected chi connectivity index (χ3v) is 6.76. The first-order valence-corrected chi connectivity index (χ1v) is 11.2. The Kier molecular flexibility index (Phi) is 10.2. The van der Waals surface area contributed by atoms with Crippen LogP contribution in [0, 0.1) is 13.8 Å². The first kappa shape index (κ1) is 24.7. The van der Waals surface area contributed by atoms with E-state index in [2.05, 4.69) is 90.4 Å². The molecular formula is C17H23Cl3SiTi. The molecule has 0 spiro atoms. The minimum Gasteiger partial charge on any atom is -1.00 e. The van der Waals surface area contributed by atoms with E-state index in [9.17, 15) is 0 Å². The van der Waals surface area contributed by atoms with Gasteiger partial charge in [0.15, 0.2) is 0 Å². The van der Waals surface area contributed by atoms with Gasteiger partial charge in [0.1, 0.15) is 0 Å². The van der Waals surface area contributed by atoms with E-state index in [0.29, 0.717) is 0 Å². The van der Waals surface area contributed by atoms with Crippen molar-refractivity contribution >= 4 is 8.07 Å². The average Bonchev–Trinajstić information content (AvgIpc) is 2.67. The second kappa shape index (κ2) is 9.11. The fourth-order valence-corrected chi connectivity index (χ4v) is 4.76. The van der Waals surface area contributed by atoms with E-state index in [1.807, 2.05) is 0 Å². The molecule has 0 radical (unpaired) electrons. The number of allylic oxidation sites excluding steroid dienone is 4. The van der Waals surface area contributed by atoms with Crippen molar-refractivity contribution in [1.82, 2.24) is 0 Å². The second-order valence-electron chi connectivity index (χ2n) is 6.77. The van der Waals surface area contributed by atoms with Crippen LogP contribution in [0.1, 0.15) is 16.7 Å². The Morgan fingerprint density at radius 3 is 1.91 bits per heavy atom. The van der Waals surface area contributed by atoms with E-state index in [-0.39, 0.29) is 40.9 Å². The summed E-state index contributed by atoms with van der Waals surface area (Å²) in [5, 5.41) is 1.60. The zero-order valence-electron chi connectivity index (χ0n) is 13.8. The van der Waals surface area contributed by atoms with Gasteiger partial charge in [-0.1, -0.05) is 0 Å². The summed E-state index contributed by atoms with van der Waals surface area (Å²) in [7, 11) is -1.18. The van der Waals surface area contributed by atoms with Gasteiger partial charge in [-0.2, -0.15) is 0 Å². The zero-order valence-corrected chi connectivity index (χ0v) is 18.6. The molecule has 1 atom stereocenters. The second-order valence-corrected chi connectivity index (χ2v) is 13.3. The molecule has 1 unspecified atom stereocenters. The van der Waals surface area contributed by atoms with Gasteiger partial charge in [0.05, 0.1) is 0 Å². The molecule has 0 saturated carbocycles. The van der Waals surface area contributed by atoms with E-state index in [1.54, 1.807) is 5.20 Å². The standard InChI is InChI=1S/C17H23Si.3ClH.Ti/c1-13-7-6-8-14(2)17(13)12-15-9-10-16(11-15)18(3,4)5;;;;/h6-11H,12H2,1-5H3;3*1H;/q;;;;+3/p-3. The first-order valence-electron chi connectivity index (χ1n) is 6.94. The Morgan fingerprint density at radius 2 is 1.50 bits per heavy atom. The molecule has 22 heavy (non-hydrogen) atoms. The molecule has 0 fully saturated rings. The Morgan fingerprint density at radius 1 is 1.00 bits per heavy atom. The topological polar surface area (TPSA) is 0 Å². The number of rotatable bonds is 3. The summed E-state index contributed by atoms with van der Waals surface area (Å²) < 4.78 is 0.201. The predicted molar refractivity (Wildman–Crippen MR) is 82.9 cm³/mol. The quantitative estimate of drug-likeness (QED) is 0.446. The smallest absolute Gasteiger partial charge is 1.00 e. The van der Waals surface area contributed by atoms with Gasteiger partial charge in [-0.15, -0.1) is 0 Å². The van der Waals surface area contributed by atoms with Crippen LogP contribution in [-0.4, -0.2) is 8.07 Å². The Balaban J connectivity index is 0. The molecule has 0 aromatic heterocycles. The summed E-state index contributed by atoms with van der Waals surface area (Å²) in [4.78, 5) is 0. The van der Waals surface area contributed by atoms with Crippen molar-refractivity contribution in [3.8, 4) is 0 Å². The molecule has 0 nitrogen and oxygen atoms in total. The molecule has 2 rings (SSSR count). The van der Waals surface area contributed by atoms with Crippen LogP contribution in [0.5, 0.6) is 0 Å². The summed E-state index contributed by atoms with van der Waals surface area (Å²) in [5.41, 5.74) is 4.36. The molecule has 0 aliphatic heterocycles. The molecule has 5 heteroatoms. The van der Waals surface area contributed by atoms with Crippen LogP contribution >= 0.6 is 0 Å². The molecule has 0 N–H and O–H groups in total. The molecule has 1 aliphatic rings. The minimum atomic E-state index is -1.18. The van der Waals surface area contributed by atoms with Crippen molar-refractivity contribution in [2.75, 3.05) is 0 Å². The first-order chi connectivity index (χ1) is 8.71. The van der Waals surface area contributed by atoms with Crippen LogP contribution in [0.3, 0.4) is 0 Å². The molecule has 120 valence electrons. The van der Waals surface area contributed by atoms with Gasteiger partial charge in [0.25, 0.3) is 0 Å². The van der Waals surface area contributed by atoms with E-state index >= 15 is 0 Å². The average molecular weight is 410 g/mol. The van der Waals surface area contributed by atoms with Crippen LogP contribution in [0.15, 0.2) is 41.6 Å². The van der Waals surface area contributed by atoms with Crippen LogP contribution in [0.2, 0.25) is 23.4 Å². The van der Waals surface area contributed by atoms with Crippen molar-refractivity contribution in [3.63, 3.8) is 0 Å². The van der Waals surface area contributed by atoms with Crippen LogP contribution in [0.4, 0.5) is 0 Å². The van der Waals surface area contributed by atoms with Gasteiger partial charge in [-0.25, -0.2) is 0 Å². The minimum absolute atomic E-state index is 0. The van der Waals surface area contributed by atoms with Gasteiger partial charge in [0, 0.05) is 0 Å². The summed E-state index contributed by atoms with van der Waals surface area (Å²) in [6, 6.07) is 6.62. The third-order valence-electron chi connectivity index (χ3n) is 3.95. The maximum absolute atomic E-state index is 2.52. The zero-order chi connectivity index (χ0) is 14.3. The maximum atomic E-state index is 2.52. The van der Waals surface area contributed by atoms with E-state index < -0.39 is 8.07 Å². The number of aryl methyl sites for hydroxylation is 2. The number of hydrogen-bond acceptors (Lipinski definition) is 0. The summed E-state index contributed by atoms with van der Waals surface area (Å²) in [6.07, 6.45) is 8.42. The van der Waals surface area contributed by atoms with Gasteiger partial charge >= 0.3 is 130 Å². The van der Waals surface area contributed by atoms with E-state index in [4.69, 9.17) is 0 Å². The molecule has 1 aliphatic carbocycles. The van der Waals surface area contributed by atoms with Crippen molar-refractivity contribution in [2.24, 2.45) is 0 Å². The largest absolute Gasteiger partial charge is 1.00 e. The van der Waals surface area contributed by atoms with Crippen molar-refractivity contribution < 1.29 is 57.7 Å². The molecule has 0 bridgehead atoms. The SMILES string of the molecule is Cc1cccc(C)c1C[C]1([Ti+3])C=CC([Si](C)(C)C)=C1.[Cl-].[Cl-].[Cl-]. The fraction of sp³-hybridized carbons (Fsp3) is 0.412. The summed E-state index contributed by atoms with van der Waals surface area (Å²) in [6.45, 7) is 11.7. The van der Waals surface area contributed by atoms with Gasteiger partial charge in [-0.3, -0.25) is 0 Å². The van der Waals surface area contributed by atoms with E-state index in [1.165, 1.54) is 16.7 Å². The van der Waals surface area contributed by atoms with Crippen molar-refractivity contribution in [2.45, 2.75) is 43.6 Å². The molecule has 0 heterocycles. The Bertz CT molecular complexity index is 541. The molecular weight excluding hydrogens is 386 g/mol. The van der Waals surface area contributed by atoms with E-state index in [0.717, 1.165) is 6.42 Å². The number of hydrogen-bond donors (Lipinski definition) is 0.